The number of H-pyrrole nitrogens is 1. The second-order valence-corrected chi connectivity index (χ2v) is 6.81. The van der Waals surface area contributed by atoms with E-state index >= 15 is 0 Å². The topological polar surface area (TPSA) is 107 Å². The number of aromatic nitrogens is 2. The van der Waals surface area contributed by atoms with Crippen LogP contribution in [0.25, 0.3) is 0 Å². The number of carbonyl (C=O) groups excluding carboxylic acids is 3. The molecule has 3 amide bonds. The number of halogens is 1. The number of carbonyl (C=O) groups is 3. The molecule has 3 heterocycles. The van der Waals surface area contributed by atoms with Crippen molar-refractivity contribution in [3.8, 4) is 0 Å². The molecule has 1 aromatic heterocycles. The van der Waals surface area contributed by atoms with E-state index in [0.717, 1.165) is 29.1 Å². The van der Waals surface area contributed by atoms with Gasteiger partial charge in [0.25, 0.3) is 11.8 Å². The molecule has 0 unspecified atom stereocenters. The van der Waals surface area contributed by atoms with Crippen molar-refractivity contribution >= 4 is 39.5 Å². The molecule has 2 aliphatic rings. The maximum absolute atomic E-state index is 12.4. The fourth-order valence-corrected chi connectivity index (χ4v) is 3.43. The third-order valence-electron chi connectivity index (χ3n) is 4.30. The number of fused-ring (bicyclic) bond motifs is 2. The first-order chi connectivity index (χ1) is 12.0. The lowest BCUT2D eigenvalue weighted by atomic mass is 10.1. The van der Waals surface area contributed by atoms with E-state index in [1.807, 2.05) is 0 Å². The first-order valence-corrected chi connectivity index (χ1v) is 8.56. The second kappa shape index (κ2) is 6.08. The summed E-state index contributed by atoms with van der Waals surface area (Å²) in [5, 5.41) is 12.9. The SMILES string of the molecule is O=C(CN1C(=O)c2ccc(Br)cc2C1=O)Nc1n[nH]c2c1CCNC2. The quantitative estimate of drug-likeness (QED) is 0.664. The van der Waals surface area contributed by atoms with Gasteiger partial charge in [-0.2, -0.15) is 5.10 Å². The molecule has 2 aliphatic heterocycles. The number of nitrogens with one attached hydrogen (secondary N) is 3. The Balaban J connectivity index is 1.49. The smallest absolute Gasteiger partial charge is 0.262 e. The van der Waals surface area contributed by atoms with Crippen LogP contribution >= 0.6 is 15.9 Å². The predicted octanol–water partition coefficient (Wildman–Crippen LogP) is 1.05. The summed E-state index contributed by atoms with van der Waals surface area (Å²) in [5.74, 6) is -0.928. The largest absolute Gasteiger partial charge is 0.311 e. The number of amides is 3. The second-order valence-electron chi connectivity index (χ2n) is 5.89. The number of aromatic amines is 1. The van der Waals surface area contributed by atoms with Gasteiger partial charge in [-0.1, -0.05) is 15.9 Å². The van der Waals surface area contributed by atoms with Crippen LogP contribution in [0.1, 0.15) is 32.0 Å². The van der Waals surface area contributed by atoms with Crippen LogP contribution in [0.5, 0.6) is 0 Å². The van der Waals surface area contributed by atoms with Crippen molar-refractivity contribution in [2.45, 2.75) is 13.0 Å². The molecule has 8 nitrogen and oxygen atoms in total. The van der Waals surface area contributed by atoms with Gasteiger partial charge in [0.05, 0.1) is 16.8 Å². The van der Waals surface area contributed by atoms with Crippen molar-refractivity contribution < 1.29 is 14.4 Å². The number of hydrogen-bond donors (Lipinski definition) is 3. The van der Waals surface area contributed by atoms with E-state index in [-0.39, 0.29) is 6.54 Å². The summed E-state index contributed by atoms with van der Waals surface area (Å²) >= 11 is 3.28. The molecule has 25 heavy (non-hydrogen) atoms. The molecule has 0 aliphatic carbocycles. The minimum Gasteiger partial charge on any atom is -0.311 e. The van der Waals surface area contributed by atoms with Gasteiger partial charge < -0.3 is 10.6 Å². The molecule has 0 radical (unpaired) electrons. The number of nitrogens with zero attached hydrogens (tertiary/aromatic N) is 2. The lowest BCUT2D eigenvalue weighted by Gasteiger charge is -2.15. The number of hydrogen-bond acceptors (Lipinski definition) is 5. The van der Waals surface area contributed by atoms with E-state index in [2.05, 4.69) is 36.8 Å². The highest BCUT2D eigenvalue weighted by molar-refractivity contribution is 9.10. The van der Waals surface area contributed by atoms with Crippen LogP contribution in [-0.4, -0.2) is 45.9 Å². The minimum absolute atomic E-state index is 0.301. The number of imide groups is 1. The van der Waals surface area contributed by atoms with E-state index in [9.17, 15) is 14.4 Å². The molecule has 0 atom stereocenters. The van der Waals surface area contributed by atoms with Crippen LogP contribution in [0.2, 0.25) is 0 Å². The molecule has 3 N–H and O–H groups in total. The average molecular weight is 404 g/mol. The van der Waals surface area contributed by atoms with Gasteiger partial charge in [-0.15, -0.1) is 0 Å². The van der Waals surface area contributed by atoms with Crippen LogP contribution in [0.3, 0.4) is 0 Å². The highest BCUT2D eigenvalue weighted by Crippen LogP contribution is 2.26. The zero-order chi connectivity index (χ0) is 17.6. The van der Waals surface area contributed by atoms with Gasteiger partial charge >= 0.3 is 0 Å². The predicted molar refractivity (Wildman–Crippen MR) is 92.1 cm³/mol. The van der Waals surface area contributed by atoms with Crippen LogP contribution in [-0.2, 0) is 17.8 Å². The molecule has 0 spiro atoms. The molecular weight excluding hydrogens is 390 g/mol. The molecule has 0 saturated heterocycles. The maximum Gasteiger partial charge on any atom is 0.262 e. The molecule has 0 fully saturated rings. The Morgan fingerprint density at radius 1 is 1.28 bits per heavy atom. The van der Waals surface area contributed by atoms with Crippen LogP contribution in [0.15, 0.2) is 22.7 Å². The number of rotatable bonds is 3. The molecule has 0 saturated carbocycles. The molecule has 0 bridgehead atoms. The summed E-state index contributed by atoms with van der Waals surface area (Å²) in [7, 11) is 0. The molecule has 1 aromatic carbocycles. The van der Waals surface area contributed by atoms with E-state index < -0.39 is 17.7 Å². The fraction of sp³-hybridized carbons (Fsp3) is 0.250. The van der Waals surface area contributed by atoms with Crippen molar-refractivity contribution in [1.82, 2.24) is 20.4 Å². The first kappa shape index (κ1) is 16.0. The lowest BCUT2D eigenvalue weighted by molar-refractivity contribution is -0.116. The third kappa shape index (κ3) is 2.75. The molecule has 2 aromatic rings. The van der Waals surface area contributed by atoms with Gasteiger partial charge in [-0.05, 0) is 31.2 Å². The molecule has 128 valence electrons. The molecule has 4 rings (SSSR count). The maximum atomic E-state index is 12.4. The van der Waals surface area contributed by atoms with Crippen LogP contribution < -0.4 is 10.6 Å². The van der Waals surface area contributed by atoms with Crippen molar-refractivity contribution in [2.24, 2.45) is 0 Å². The van der Waals surface area contributed by atoms with Gasteiger partial charge in [0, 0.05) is 16.6 Å². The lowest BCUT2D eigenvalue weighted by Crippen LogP contribution is -2.37. The summed E-state index contributed by atoms with van der Waals surface area (Å²) in [6.07, 6.45) is 0.752. The zero-order valence-corrected chi connectivity index (χ0v) is 14.6. The first-order valence-electron chi connectivity index (χ1n) is 7.77. The fourth-order valence-electron chi connectivity index (χ4n) is 3.07. The van der Waals surface area contributed by atoms with Gasteiger partial charge in [-0.25, -0.2) is 0 Å². The highest BCUT2D eigenvalue weighted by Gasteiger charge is 2.36. The highest BCUT2D eigenvalue weighted by atomic mass is 79.9. The van der Waals surface area contributed by atoms with Gasteiger partial charge in [-0.3, -0.25) is 24.4 Å². The van der Waals surface area contributed by atoms with Gasteiger partial charge in [0.2, 0.25) is 5.91 Å². The van der Waals surface area contributed by atoms with Crippen molar-refractivity contribution in [1.29, 1.82) is 0 Å². The van der Waals surface area contributed by atoms with Crippen molar-refractivity contribution in [3.63, 3.8) is 0 Å². The van der Waals surface area contributed by atoms with Crippen molar-refractivity contribution in [2.75, 3.05) is 18.4 Å². The Labute approximate surface area is 151 Å². The number of anilines is 1. The summed E-state index contributed by atoms with van der Waals surface area (Å²) in [6, 6.07) is 4.86. The zero-order valence-electron chi connectivity index (χ0n) is 13.1. The van der Waals surface area contributed by atoms with E-state index in [4.69, 9.17) is 0 Å². The summed E-state index contributed by atoms with van der Waals surface area (Å²) in [6.45, 7) is 1.14. The Morgan fingerprint density at radius 2 is 2.08 bits per heavy atom. The van der Waals surface area contributed by atoms with E-state index in [1.54, 1.807) is 18.2 Å². The van der Waals surface area contributed by atoms with Crippen LogP contribution in [0.4, 0.5) is 5.82 Å². The normalized spacial score (nSPS) is 16.0. The number of benzene rings is 1. The monoisotopic (exact) mass is 403 g/mol. The van der Waals surface area contributed by atoms with Crippen molar-refractivity contribution in [3.05, 3.63) is 45.1 Å². The third-order valence-corrected chi connectivity index (χ3v) is 4.79. The Bertz CT molecular complexity index is 907. The molecule has 9 heteroatoms. The Morgan fingerprint density at radius 3 is 2.92 bits per heavy atom. The minimum atomic E-state index is -0.468. The Hall–Kier alpha value is -2.52. The summed E-state index contributed by atoms with van der Waals surface area (Å²) in [5.41, 5.74) is 2.50. The summed E-state index contributed by atoms with van der Waals surface area (Å²) < 4.78 is 0.704. The summed E-state index contributed by atoms with van der Waals surface area (Å²) in [4.78, 5) is 38.0. The van der Waals surface area contributed by atoms with Gasteiger partial charge in [0.1, 0.15) is 6.54 Å². The average Bonchev–Trinajstić information content (AvgIpc) is 3.10. The van der Waals surface area contributed by atoms with E-state index in [1.165, 1.54) is 0 Å². The van der Waals surface area contributed by atoms with Gasteiger partial charge in [0.15, 0.2) is 5.82 Å². The molecular formula is C16H14BrN5O3. The standard InChI is InChI=1S/C16H14BrN5O3/c17-8-1-2-9-11(5-8)16(25)22(15(9)24)7-13(23)19-14-10-3-4-18-6-12(10)20-21-14/h1-2,5,18H,3-4,6-7H2,(H2,19,20,21,23). The van der Waals surface area contributed by atoms with Crippen LogP contribution in [0, 0.1) is 0 Å². The van der Waals surface area contributed by atoms with E-state index in [0.29, 0.717) is 28.0 Å². The Kier molecular flexibility index (Phi) is 3.89.